The summed E-state index contributed by atoms with van der Waals surface area (Å²) in [7, 11) is 4.87. The van der Waals surface area contributed by atoms with E-state index in [4.69, 9.17) is 25.8 Å². The van der Waals surface area contributed by atoms with E-state index in [2.05, 4.69) is 5.32 Å². The quantitative estimate of drug-likeness (QED) is 0.841. The van der Waals surface area contributed by atoms with Gasteiger partial charge in [-0.2, -0.15) is 0 Å². The molecular formula is C15H18ClNO3S. The Labute approximate surface area is 133 Å². The maximum atomic E-state index is 5.92. The van der Waals surface area contributed by atoms with Gasteiger partial charge in [-0.25, -0.2) is 0 Å². The minimum absolute atomic E-state index is 0.656. The standard InChI is InChI=1S/C15H18ClNO3S/c1-18-12-7-14(20-3)13(19-2)6-10(12)8-17-9-11-4-5-15(16)21-11/h4-7,17H,8-9H2,1-3H3. The van der Waals surface area contributed by atoms with Crippen molar-refractivity contribution in [2.75, 3.05) is 21.3 Å². The Morgan fingerprint density at radius 1 is 0.952 bits per heavy atom. The zero-order valence-electron chi connectivity index (χ0n) is 12.2. The molecule has 0 aliphatic carbocycles. The number of hydrogen-bond acceptors (Lipinski definition) is 5. The lowest BCUT2D eigenvalue weighted by Gasteiger charge is -2.14. The highest BCUT2D eigenvalue weighted by Gasteiger charge is 2.11. The van der Waals surface area contributed by atoms with Crippen molar-refractivity contribution in [1.29, 1.82) is 0 Å². The number of ether oxygens (including phenoxy) is 3. The van der Waals surface area contributed by atoms with Crippen LogP contribution in [0, 0.1) is 0 Å². The van der Waals surface area contributed by atoms with E-state index in [0.717, 1.165) is 22.2 Å². The maximum absolute atomic E-state index is 5.92. The monoisotopic (exact) mass is 327 g/mol. The predicted octanol–water partition coefficient (Wildman–Crippen LogP) is 3.72. The molecule has 1 aromatic heterocycles. The van der Waals surface area contributed by atoms with Crippen LogP contribution in [0.15, 0.2) is 24.3 Å². The van der Waals surface area contributed by atoms with Crippen molar-refractivity contribution in [2.45, 2.75) is 13.1 Å². The Morgan fingerprint density at radius 2 is 1.62 bits per heavy atom. The molecule has 114 valence electrons. The van der Waals surface area contributed by atoms with Crippen LogP contribution in [0.5, 0.6) is 17.2 Å². The van der Waals surface area contributed by atoms with Gasteiger partial charge in [0.05, 0.1) is 25.7 Å². The van der Waals surface area contributed by atoms with E-state index in [0.29, 0.717) is 18.0 Å². The number of rotatable bonds is 7. The number of halogens is 1. The van der Waals surface area contributed by atoms with Crippen LogP contribution in [0.4, 0.5) is 0 Å². The fourth-order valence-electron chi connectivity index (χ4n) is 2.00. The first kappa shape index (κ1) is 15.9. The van der Waals surface area contributed by atoms with Gasteiger partial charge >= 0.3 is 0 Å². The van der Waals surface area contributed by atoms with Crippen molar-refractivity contribution in [2.24, 2.45) is 0 Å². The third-order valence-corrected chi connectivity index (χ3v) is 4.26. The molecule has 1 heterocycles. The molecule has 0 saturated heterocycles. The second kappa shape index (κ2) is 7.54. The Morgan fingerprint density at radius 3 is 2.19 bits per heavy atom. The second-order valence-electron chi connectivity index (χ2n) is 4.33. The molecule has 0 saturated carbocycles. The number of benzene rings is 1. The third kappa shape index (κ3) is 4.03. The van der Waals surface area contributed by atoms with Crippen molar-refractivity contribution in [3.8, 4) is 17.2 Å². The molecule has 0 bridgehead atoms. The largest absolute Gasteiger partial charge is 0.496 e. The van der Waals surface area contributed by atoms with Gasteiger partial charge in [-0.15, -0.1) is 11.3 Å². The number of thiophene rings is 1. The Balaban J connectivity index is 2.07. The average Bonchev–Trinajstić information content (AvgIpc) is 2.92. The molecule has 0 aliphatic heterocycles. The van der Waals surface area contributed by atoms with Crippen LogP contribution >= 0.6 is 22.9 Å². The molecule has 0 atom stereocenters. The van der Waals surface area contributed by atoms with Gasteiger partial charge in [0.15, 0.2) is 11.5 Å². The van der Waals surface area contributed by atoms with Crippen molar-refractivity contribution in [1.82, 2.24) is 5.32 Å². The highest BCUT2D eigenvalue weighted by Crippen LogP contribution is 2.34. The van der Waals surface area contributed by atoms with Gasteiger partial charge in [-0.3, -0.25) is 0 Å². The van der Waals surface area contributed by atoms with Crippen LogP contribution in [0.2, 0.25) is 4.34 Å². The lowest BCUT2D eigenvalue weighted by atomic mass is 10.1. The summed E-state index contributed by atoms with van der Waals surface area (Å²) in [6.45, 7) is 1.42. The molecule has 0 radical (unpaired) electrons. The highest BCUT2D eigenvalue weighted by molar-refractivity contribution is 7.16. The van der Waals surface area contributed by atoms with Gasteiger partial charge in [-0.1, -0.05) is 11.6 Å². The summed E-state index contributed by atoms with van der Waals surface area (Å²) < 4.78 is 16.8. The lowest BCUT2D eigenvalue weighted by Crippen LogP contribution is -2.12. The molecule has 0 unspecified atom stereocenters. The van der Waals surface area contributed by atoms with E-state index in [9.17, 15) is 0 Å². The van der Waals surface area contributed by atoms with Gasteiger partial charge in [0.2, 0.25) is 0 Å². The van der Waals surface area contributed by atoms with Gasteiger partial charge < -0.3 is 19.5 Å². The Bertz CT molecular complexity index is 601. The molecule has 2 aromatic rings. The lowest BCUT2D eigenvalue weighted by molar-refractivity contribution is 0.347. The minimum Gasteiger partial charge on any atom is -0.496 e. The molecule has 0 aliphatic rings. The highest BCUT2D eigenvalue weighted by atomic mass is 35.5. The molecule has 6 heteroatoms. The van der Waals surface area contributed by atoms with Gasteiger partial charge in [0.1, 0.15) is 5.75 Å². The fraction of sp³-hybridized carbons (Fsp3) is 0.333. The van der Waals surface area contributed by atoms with E-state index in [-0.39, 0.29) is 0 Å². The topological polar surface area (TPSA) is 39.7 Å². The van der Waals surface area contributed by atoms with Crippen LogP contribution in [0.3, 0.4) is 0 Å². The summed E-state index contributed by atoms with van der Waals surface area (Å²) in [4.78, 5) is 1.19. The molecule has 4 nitrogen and oxygen atoms in total. The van der Waals surface area contributed by atoms with Crippen LogP contribution < -0.4 is 19.5 Å². The van der Waals surface area contributed by atoms with Crippen LogP contribution in [-0.4, -0.2) is 21.3 Å². The van der Waals surface area contributed by atoms with Gasteiger partial charge in [0.25, 0.3) is 0 Å². The Kier molecular flexibility index (Phi) is 5.73. The first-order chi connectivity index (χ1) is 10.2. The molecule has 2 rings (SSSR count). The van der Waals surface area contributed by atoms with E-state index in [1.54, 1.807) is 32.7 Å². The third-order valence-electron chi connectivity index (χ3n) is 3.03. The molecule has 1 aromatic carbocycles. The predicted molar refractivity (Wildman–Crippen MR) is 86.0 cm³/mol. The normalized spacial score (nSPS) is 10.5. The van der Waals surface area contributed by atoms with E-state index < -0.39 is 0 Å². The van der Waals surface area contributed by atoms with Gasteiger partial charge in [-0.05, 0) is 18.2 Å². The summed E-state index contributed by atoms with van der Waals surface area (Å²) in [5.74, 6) is 2.11. The molecule has 0 spiro atoms. The van der Waals surface area contributed by atoms with E-state index >= 15 is 0 Å². The first-order valence-corrected chi connectivity index (χ1v) is 7.61. The van der Waals surface area contributed by atoms with E-state index in [1.807, 2.05) is 24.3 Å². The molecule has 0 amide bonds. The number of hydrogen-bond donors (Lipinski definition) is 1. The minimum atomic E-state index is 0.656. The Hall–Kier alpha value is -1.43. The van der Waals surface area contributed by atoms with Crippen molar-refractivity contribution in [3.05, 3.63) is 39.0 Å². The molecule has 0 fully saturated rings. The van der Waals surface area contributed by atoms with Crippen molar-refractivity contribution in [3.63, 3.8) is 0 Å². The van der Waals surface area contributed by atoms with Crippen molar-refractivity contribution >= 4 is 22.9 Å². The summed E-state index contributed by atoms with van der Waals surface area (Å²) in [6, 6.07) is 7.68. The number of methoxy groups -OCH3 is 3. The molecule has 21 heavy (non-hydrogen) atoms. The molecule has 1 N–H and O–H groups in total. The molecular weight excluding hydrogens is 310 g/mol. The second-order valence-corrected chi connectivity index (χ2v) is 6.13. The fourth-order valence-corrected chi connectivity index (χ4v) is 3.05. The zero-order valence-corrected chi connectivity index (χ0v) is 13.8. The number of nitrogens with one attached hydrogen (secondary N) is 1. The smallest absolute Gasteiger partial charge is 0.164 e. The van der Waals surface area contributed by atoms with Crippen molar-refractivity contribution < 1.29 is 14.2 Å². The van der Waals surface area contributed by atoms with Crippen LogP contribution in [0.25, 0.3) is 0 Å². The van der Waals surface area contributed by atoms with Gasteiger partial charge in [0, 0.05) is 29.6 Å². The SMILES string of the molecule is COc1cc(OC)c(OC)cc1CNCc1ccc(Cl)s1. The maximum Gasteiger partial charge on any atom is 0.164 e. The first-order valence-electron chi connectivity index (χ1n) is 6.41. The van der Waals surface area contributed by atoms with E-state index in [1.165, 1.54) is 4.88 Å². The average molecular weight is 328 g/mol. The summed E-state index contributed by atoms with van der Waals surface area (Å²) >= 11 is 7.49. The summed E-state index contributed by atoms with van der Waals surface area (Å²) in [5, 5.41) is 3.37. The zero-order chi connectivity index (χ0) is 15.2. The summed E-state index contributed by atoms with van der Waals surface area (Å²) in [5.41, 5.74) is 1.01. The summed E-state index contributed by atoms with van der Waals surface area (Å²) in [6.07, 6.45) is 0. The van der Waals surface area contributed by atoms with Crippen LogP contribution in [-0.2, 0) is 13.1 Å². The van der Waals surface area contributed by atoms with Crippen LogP contribution in [0.1, 0.15) is 10.4 Å².